The average Bonchev–Trinajstić information content (AvgIpc) is 2.61. The van der Waals surface area contributed by atoms with Gasteiger partial charge >= 0.3 is 5.97 Å². The van der Waals surface area contributed by atoms with Crippen LogP contribution in [0.1, 0.15) is 38.2 Å². The molecule has 24 heavy (non-hydrogen) atoms. The van der Waals surface area contributed by atoms with E-state index in [4.69, 9.17) is 9.47 Å². The fraction of sp³-hybridized carbons (Fsp3) is 0.579. The summed E-state index contributed by atoms with van der Waals surface area (Å²) in [4.78, 5) is 25.4. The lowest BCUT2D eigenvalue weighted by Crippen LogP contribution is -2.41. The topological polar surface area (TPSA) is 55.8 Å². The van der Waals surface area contributed by atoms with E-state index in [0.29, 0.717) is 25.7 Å². The zero-order valence-electron chi connectivity index (χ0n) is 14.4. The molecule has 1 aliphatic heterocycles. The summed E-state index contributed by atoms with van der Waals surface area (Å²) in [6.07, 6.45) is 2.47. The van der Waals surface area contributed by atoms with E-state index < -0.39 is 0 Å². The van der Waals surface area contributed by atoms with Crippen LogP contribution in [0.4, 0.5) is 0 Å². The molecule has 1 aromatic carbocycles. The highest BCUT2D eigenvalue weighted by atomic mass is 16.5. The van der Waals surface area contributed by atoms with Crippen LogP contribution in [0, 0.1) is 5.92 Å². The quantitative estimate of drug-likeness (QED) is 0.687. The maximum Gasteiger partial charge on any atom is 0.306 e. The van der Waals surface area contributed by atoms with Crippen molar-refractivity contribution in [1.82, 2.24) is 4.90 Å². The standard InChI is InChI=1S/C19H27NO4/c1-2-24-19(22)11-10-18(21)20-12-6-9-17(13-20)15-23-14-16-7-4-3-5-8-16/h3-5,7-8,17H,2,6,9-15H2,1H3/t17-/m1/s1. The van der Waals surface area contributed by atoms with Crippen LogP contribution < -0.4 is 0 Å². The molecule has 1 saturated heterocycles. The number of hydrogen-bond donors (Lipinski definition) is 0. The van der Waals surface area contributed by atoms with E-state index in [1.54, 1.807) is 6.92 Å². The monoisotopic (exact) mass is 333 g/mol. The van der Waals surface area contributed by atoms with Crippen LogP contribution in [0.2, 0.25) is 0 Å². The highest BCUT2D eigenvalue weighted by Crippen LogP contribution is 2.18. The van der Waals surface area contributed by atoms with E-state index >= 15 is 0 Å². The molecule has 0 N–H and O–H groups in total. The highest BCUT2D eigenvalue weighted by Gasteiger charge is 2.24. The van der Waals surface area contributed by atoms with E-state index in [9.17, 15) is 9.59 Å². The van der Waals surface area contributed by atoms with Gasteiger partial charge in [-0.15, -0.1) is 0 Å². The SMILES string of the molecule is CCOC(=O)CCC(=O)N1CCC[C@@H](COCc2ccccc2)C1. The number of amides is 1. The van der Waals surface area contributed by atoms with Gasteiger partial charge in [0.2, 0.25) is 5.91 Å². The molecule has 0 unspecified atom stereocenters. The number of likely N-dealkylation sites (tertiary alicyclic amines) is 1. The van der Waals surface area contributed by atoms with Crippen LogP contribution >= 0.6 is 0 Å². The molecule has 1 aromatic rings. The van der Waals surface area contributed by atoms with Crippen molar-refractivity contribution in [1.29, 1.82) is 0 Å². The molecule has 132 valence electrons. The zero-order valence-corrected chi connectivity index (χ0v) is 14.4. The van der Waals surface area contributed by atoms with Crippen molar-refractivity contribution < 1.29 is 19.1 Å². The number of piperidine rings is 1. The minimum absolute atomic E-state index is 0.0378. The first-order valence-electron chi connectivity index (χ1n) is 8.74. The molecule has 0 radical (unpaired) electrons. The lowest BCUT2D eigenvalue weighted by Gasteiger charge is -2.32. The van der Waals surface area contributed by atoms with Crippen molar-refractivity contribution in [2.24, 2.45) is 5.92 Å². The van der Waals surface area contributed by atoms with Gasteiger partial charge in [-0.05, 0) is 31.2 Å². The summed E-state index contributed by atoms with van der Waals surface area (Å²) in [5.41, 5.74) is 1.16. The molecule has 1 aliphatic rings. The largest absolute Gasteiger partial charge is 0.466 e. The number of carbonyl (C=O) groups is 2. The second-order valence-corrected chi connectivity index (χ2v) is 6.15. The fourth-order valence-electron chi connectivity index (χ4n) is 2.95. The molecule has 0 bridgehead atoms. The smallest absolute Gasteiger partial charge is 0.306 e. The third-order valence-corrected chi connectivity index (χ3v) is 4.19. The minimum atomic E-state index is -0.300. The maximum absolute atomic E-state index is 12.2. The van der Waals surface area contributed by atoms with Crippen LogP contribution in [0.5, 0.6) is 0 Å². The summed E-state index contributed by atoms with van der Waals surface area (Å²) in [5, 5.41) is 0. The van der Waals surface area contributed by atoms with Gasteiger partial charge in [-0.25, -0.2) is 0 Å². The van der Waals surface area contributed by atoms with Crippen LogP contribution in [-0.2, 0) is 25.7 Å². The molecule has 0 aliphatic carbocycles. The molecule has 1 heterocycles. The van der Waals surface area contributed by atoms with E-state index in [-0.39, 0.29) is 24.7 Å². The summed E-state index contributed by atoms with van der Waals surface area (Å²) < 4.78 is 10.7. The Balaban J connectivity index is 1.69. The third-order valence-electron chi connectivity index (χ3n) is 4.19. The number of nitrogens with zero attached hydrogens (tertiary/aromatic N) is 1. The van der Waals surface area contributed by atoms with Gasteiger partial charge in [0.25, 0.3) is 0 Å². The zero-order chi connectivity index (χ0) is 17.2. The summed E-state index contributed by atoms with van der Waals surface area (Å²) in [5.74, 6) is 0.107. The van der Waals surface area contributed by atoms with Crippen molar-refractivity contribution in [2.75, 3.05) is 26.3 Å². The van der Waals surface area contributed by atoms with Crippen LogP contribution in [-0.4, -0.2) is 43.1 Å². The minimum Gasteiger partial charge on any atom is -0.466 e. The maximum atomic E-state index is 12.2. The number of ether oxygens (including phenoxy) is 2. The number of esters is 1. The summed E-state index contributed by atoms with van der Waals surface area (Å²) in [6.45, 7) is 4.89. The predicted molar refractivity (Wildman–Crippen MR) is 91.3 cm³/mol. The van der Waals surface area contributed by atoms with Crippen molar-refractivity contribution in [3.05, 3.63) is 35.9 Å². The number of hydrogen-bond acceptors (Lipinski definition) is 4. The van der Waals surface area contributed by atoms with Gasteiger partial charge in [0.15, 0.2) is 0 Å². The molecule has 5 heteroatoms. The molecule has 0 saturated carbocycles. The predicted octanol–water partition coefficient (Wildman–Crippen LogP) is 2.79. The van der Waals surface area contributed by atoms with Crippen LogP contribution in [0.25, 0.3) is 0 Å². The Bertz CT molecular complexity index is 517. The molecular formula is C19H27NO4. The fourth-order valence-corrected chi connectivity index (χ4v) is 2.95. The Kier molecular flexibility index (Phi) is 7.75. The van der Waals surface area contributed by atoms with Crippen molar-refractivity contribution in [3.63, 3.8) is 0 Å². The van der Waals surface area contributed by atoms with Gasteiger partial charge in [-0.3, -0.25) is 9.59 Å². The van der Waals surface area contributed by atoms with Gasteiger partial charge in [-0.2, -0.15) is 0 Å². The van der Waals surface area contributed by atoms with Crippen molar-refractivity contribution >= 4 is 11.9 Å². The molecule has 1 fully saturated rings. The Morgan fingerprint density at radius 3 is 2.75 bits per heavy atom. The Labute approximate surface area is 143 Å². The Morgan fingerprint density at radius 1 is 1.21 bits per heavy atom. The Morgan fingerprint density at radius 2 is 2.00 bits per heavy atom. The van der Waals surface area contributed by atoms with E-state index in [2.05, 4.69) is 0 Å². The lowest BCUT2D eigenvalue weighted by molar-refractivity contribution is -0.146. The first-order chi connectivity index (χ1) is 11.7. The highest BCUT2D eigenvalue weighted by molar-refractivity contribution is 5.81. The van der Waals surface area contributed by atoms with Gasteiger partial charge in [0.1, 0.15) is 0 Å². The first kappa shape index (κ1) is 18.5. The molecule has 5 nitrogen and oxygen atoms in total. The van der Waals surface area contributed by atoms with E-state index in [0.717, 1.165) is 31.5 Å². The third kappa shape index (κ3) is 6.32. The molecule has 2 rings (SSSR count). The lowest BCUT2D eigenvalue weighted by atomic mass is 9.98. The summed E-state index contributed by atoms with van der Waals surface area (Å²) >= 11 is 0. The number of carbonyl (C=O) groups excluding carboxylic acids is 2. The van der Waals surface area contributed by atoms with Gasteiger partial charge in [0, 0.05) is 19.5 Å². The molecule has 1 amide bonds. The van der Waals surface area contributed by atoms with E-state index in [1.165, 1.54) is 0 Å². The number of benzene rings is 1. The Hall–Kier alpha value is -1.88. The second kappa shape index (κ2) is 10.1. The van der Waals surface area contributed by atoms with Crippen LogP contribution in [0.15, 0.2) is 30.3 Å². The average molecular weight is 333 g/mol. The molecular weight excluding hydrogens is 306 g/mol. The van der Waals surface area contributed by atoms with Gasteiger partial charge in [-0.1, -0.05) is 30.3 Å². The van der Waals surface area contributed by atoms with Gasteiger partial charge < -0.3 is 14.4 Å². The van der Waals surface area contributed by atoms with Gasteiger partial charge in [0.05, 0.1) is 26.2 Å². The normalized spacial score (nSPS) is 17.5. The van der Waals surface area contributed by atoms with E-state index in [1.807, 2.05) is 35.2 Å². The molecule has 1 atom stereocenters. The molecule has 0 spiro atoms. The first-order valence-corrected chi connectivity index (χ1v) is 8.74. The second-order valence-electron chi connectivity index (χ2n) is 6.15. The molecule has 0 aromatic heterocycles. The number of rotatable bonds is 8. The summed E-state index contributed by atoms with van der Waals surface area (Å²) in [6, 6.07) is 10.1. The van der Waals surface area contributed by atoms with Crippen molar-refractivity contribution in [2.45, 2.75) is 39.2 Å². The van der Waals surface area contributed by atoms with Crippen molar-refractivity contribution in [3.8, 4) is 0 Å². The van der Waals surface area contributed by atoms with Crippen LogP contribution in [0.3, 0.4) is 0 Å². The summed E-state index contributed by atoms with van der Waals surface area (Å²) in [7, 11) is 0.